The zero-order valence-corrected chi connectivity index (χ0v) is 12.1. The van der Waals surface area contributed by atoms with Gasteiger partial charge in [0, 0.05) is 20.0 Å². The van der Waals surface area contributed by atoms with Gasteiger partial charge in [-0.15, -0.1) is 0 Å². The first-order valence-electron chi connectivity index (χ1n) is 6.96. The van der Waals surface area contributed by atoms with Crippen molar-refractivity contribution in [3.63, 3.8) is 0 Å². The van der Waals surface area contributed by atoms with Crippen molar-refractivity contribution >= 4 is 5.91 Å². The maximum atomic E-state index is 12.1. The van der Waals surface area contributed by atoms with Crippen molar-refractivity contribution in [3.8, 4) is 6.07 Å². The molecule has 2 aromatic rings. The number of nitrogens with zero attached hydrogens (tertiary/aromatic N) is 2. The van der Waals surface area contributed by atoms with Crippen molar-refractivity contribution in [1.82, 2.24) is 4.90 Å². The molecule has 0 aliphatic heterocycles. The van der Waals surface area contributed by atoms with Gasteiger partial charge >= 0.3 is 0 Å². The molecular formula is C18H18N2O. The third kappa shape index (κ3) is 4.47. The van der Waals surface area contributed by atoms with Gasteiger partial charge in [-0.1, -0.05) is 42.5 Å². The van der Waals surface area contributed by atoms with Crippen LogP contribution in [0.15, 0.2) is 54.6 Å². The van der Waals surface area contributed by atoms with Crippen molar-refractivity contribution in [3.05, 3.63) is 71.3 Å². The predicted octanol–water partition coefficient (Wildman–Crippen LogP) is 3.15. The minimum atomic E-state index is 0.128. The van der Waals surface area contributed by atoms with E-state index >= 15 is 0 Å². The van der Waals surface area contributed by atoms with Gasteiger partial charge in [0.1, 0.15) is 0 Å². The Kier molecular flexibility index (Phi) is 5.11. The van der Waals surface area contributed by atoms with Crippen LogP contribution >= 0.6 is 0 Å². The van der Waals surface area contributed by atoms with E-state index in [-0.39, 0.29) is 5.91 Å². The molecule has 1 amide bonds. The summed E-state index contributed by atoms with van der Waals surface area (Å²) in [6, 6.07) is 19.4. The smallest absolute Gasteiger partial charge is 0.222 e. The summed E-state index contributed by atoms with van der Waals surface area (Å²) in [4.78, 5) is 13.9. The molecule has 0 radical (unpaired) electrons. The van der Waals surface area contributed by atoms with Crippen LogP contribution < -0.4 is 0 Å². The second-order valence-electron chi connectivity index (χ2n) is 5.04. The van der Waals surface area contributed by atoms with Gasteiger partial charge < -0.3 is 4.90 Å². The fourth-order valence-corrected chi connectivity index (χ4v) is 2.13. The topological polar surface area (TPSA) is 44.1 Å². The zero-order chi connectivity index (χ0) is 15.1. The normalized spacial score (nSPS) is 9.90. The van der Waals surface area contributed by atoms with Crippen molar-refractivity contribution in [2.24, 2.45) is 0 Å². The highest BCUT2D eigenvalue weighted by atomic mass is 16.2. The standard InChI is InChI=1S/C18H18N2O/c1-20(14-17-5-3-2-4-6-17)18(21)12-11-15-7-9-16(13-19)10-8-15/h2-10H,11-12,14H2,1H3. The Morgan fingerprint density at radius 3 is 2.33 bits per heavy atom. The molecule has 0 aliphatic carbocycles. The van der Waals surface area contributed by atoms with E-state index in [1.165, 1.54) is 0 Å². The maximum absolute atomic E-state index is 12.1. The molecule has 2 rings (SSSR count). The van der Waals surface area contributed by atoms with Crippen molar-refractivity contribution < 1.29 is 4.79 Å². The molecule has 0 bridgehead atoms. The Labute approximate surface area is 125 Å². The molecule has 0 fully saturated rings. The summed E-state index contributed by atoms with van der Waals surface area (Å²) in [5, 5.41) is 8.75. The molecule has 0 saturated carbocycles. The van der Waals surface area contributed by atoms with E-state index in [9.17, 15) is 4.79 Å². The van der Waals surface area contributed by atoms with Gasteiger partial charge in [-0.25, -0.2) is 0 Å². The number of nitriles is 1. The van der Waals surface area contributed by atoms with Crippen LogP contribution in [0.1, 0.15) is 23.1 Å². The largest absolute Gasteiger partial charge is 0.341 e. The van der Waals surface area contributed by atoms with Gasteiger partial charge in [-0.3, -0.25) is 4.79 Å². The predicted molar refractivity (Wildman–Crippen MR) is 82.4 cm³/mol. The fourth-order valence-electron chi connectivity index (χ4n) is 2.13. The van der Waals surface area contributed by atoms with Crippen molar-refractivity contribution in [1.29, 1.82) is 5.26 Å². The molecule has 3 heteroatoms. The number of hydrogen-bond donors (Lipinski definition) is 0. The molecule has 0 saturated heterocycles. The van der Waals surface area contributed by atoms with E-state index in [4.69, 9.17) is 5.26 Å². The molecule has 0 unspecified atom stereocenters. The quantitative estimate of drug-likeness (QED) is 0.843. The second-order valence-corrected chi connectivity index (χ2v) is 5.04. The lowest BCUT2D eigenvalue weighted by atomic mass is 10.1. The zero-order valence-electron chi connectivity index (χ0n) is 12.1. The first-order valence-corrected chi connectivity index (χ1v) is 6.96. The highest BCUT2D eigenvalue weighted by molar-refractivity contribution is 5.76. The van der Waals surface area contributed by atoms with Gasteiger partial charge in [0.2, 0.25) is 5.91 Å². The number of amides is 1. The van der Waals surface area contributed by atoms with Crippen LogP contribution in [0.2, 0.25) is 0 Å². The fraction of sp³-hybridized carbons (Fsp3) is 0.222. The van der Waals surface area contributed by atoms with Crippen molar-refractivity contribution in [2.45, 2.75) is 19.4 Å². The van der Waals surface area contributed by atoms with Crippen LogP contribution in [0.3, 0.4) is 0 Å². The third-order valence-corrected chi connectivity index (χ3v) is 3.40. The van der Waals surface area contributed by atoms with E-state index in [1.54, 1.807) is 17.0 Å². The molecule has 21 heavy (non-hydrogen) atoms. The number of carbonyl (C=O) groups is 1. The van der Waals surface area contributed by atoms with Crippen LogP contribution in [0.25, 0.3) is 0 Å². The van der Waals surface area contributed by atoms with Crippen LogP contribution in [-0.2, 0) is 17.8 Å². The average Bonchev–Trinajstić information content (AvgIpc) is 2.54. The average molecular weight is 278 g/mol. The van der Waals surface area contributed by atoms with E-state index < -0.39 is 0 Å². The number of benzene rings is 2. The lowest BCUT2D eigenvalue weighted by molar-refractivity contribution is -0.130. The molecule has 2 aromatic carbocycles. The van der Waals surface area contributed by atoms with E-state index in [0.29, 0.717) is 24.9 Å². The molecule has 0 heterocycles. The number of aryl methyl sites for hydroxylation is 1. The monoisotopic (exact) mass is 278 g/mol. The molecule has 3 nitrogen and oxygen atoms in total. The highest BCUT2D eigenvalue weighted by Gasteiger charge is 2.09. The lowest BCUT2D eigenvalue weighted by Crippen LogP contribution is -2.26. The van der Waals surface area contributed by atoms with Gasteiger partial charge in [0.15, 0.2) is 0 Å². The summed E-state index contributed by atoms with van der Waals surface area (Å²) in [6.45, 7) is 0.632. The molecular weight excluding hydrogens is 260 g/mol. The van der Waals surface area contributed by atoms with Crippen LogP contribution in [0.4, 0.5) is 0 Å². The van der Waals surface area contributed by atoms with Gasteiger partial charge in [-0.2, -0.15) is 5.26 Å². The van der Waals surface area contributed by atoms with E-state index in [0.717, 1.165) is 11.1 Å². The summed E-state index contributed by atoms with van der Waals surface area (Å²) >= 11 is 0. The van der Waals surface area contributed by atoms with Crippen molar-refractivity contribution in [2.75, 3.05) is 7.05 Å². The minimum Gasteiger partial charge on any atom is -0.341 e. The molecule has 0 N–H and O–H groups in total. The molecule has 0 atom stereocenters. The number of rotatable bonds is 5. The SMILES string of the molecule is CN(Cc1ccccc1)C(=O)CCc1ccc(C#N)cc1. The Balaban J connectivity index is 1.84. The summed E-state index contributed by atoms with van der Waals surface area (Å²) in [5.41, 5.74) is 2.86. The molecule has 0 aliphatic rings. The van der Waals surface area contributed by atoms with Crippen LogP contribution in [0, 0.1) is 11.3 Å². The summed E-state index contributed by atoms with van der Waals surface area (Å²) < 4.78 is 0. The summed E-state index contributed by atoms with van der Waals surface area (Å²) in [6.07, 6.45) is 1.18. The Bertz CT molecular complexity index is 627. The first kappa shape index (κ1) is 14.8. The lowest BCUT2D eigenvalue weighted by Gasteiger charge is -2.17. The Morgan fingerprint density at radius 2 is 1.71 bits per heavy atom. The van der Waals surface area contributed by atoms with Crippen LogP contribution in [-0.4, -0.2) is 17.9 Å². The molecule has 0 spiro atoms. The number of carbonyl (C=O) groups excluding carboxylic acids is 1. The maximum Gasteiger partial charge on any atom is 0.222 e. The molecule has 106 valence electrons. The number of hydrogen-bond acceptors (Lipinski definition) is 2. The minimum absolute atomic E-state index is 0.128. The summed E-state index contributed by atoms with van der Waals surface area (Å²) in [7, 11) is 1.83. The Hall–Kier alpha value is -2.60. The Morgan fingerprint density at radius 1 is 1.05 bits per heavy atom. The van der Waals surface area contributed by atoms with E-state index in [1.807, 2.05) is 49.5 Å². The molecule has 0 aromatic heterocycles. The van der Waals surface area contributed by atoms with Crippen LogP contribution in [0.5, 0.6) is 0 Å². The summed E-state index contributed by atoms with van der Waals surface area (Å²) in [5.74, 6) is 0.128. The first-order chi connectivity index (χ1) is 10.2. The van der Waals surface area contributed by atoms with Gasteiger partial charge in [0.25, 0.3) is 0 Å². The second kappa shape index (κ2) is 7.25. The van der Waals surface area contributed by atoms with Gasteiger partial charge in [-0.05, 0) is 29.7 Å². The highest BCUT2D eigenvalue weighted by Crippen LogP contribution is 2.09. The third-order valence-electron chi connectivity index (χ3n) is 3.40. The van der Waals surface area contributed by atoms with E-state index in [2.05, 4.69) is 6.07 Å². The van der Waals surface area contributed by atoms with Gasteiger partial charge in [0.05, 0.1) is 11.6 Å².